The van der Waals surface area contributed by atoms with E-state index < -0.39 is 0 Å². The summed E-state index contributed by atoms with van der Waals surface area (Å²) in [4.78, 5) is 8.29. The van der Waals surface area contributed by atoms with Gasteiger partial charge in [-0.3, -0.25) is 20.8 Å². The molecular formula is C20H18N8S2. The van der Waals surface area contributed by atoms with Crippen molar-refractivity contribution < 1.29 is 0 Å². The largest absolute Gasteiger partial charge is 0.331 e. The fraction of sp³-hybridized carbons (Fsp3) is 0. The van der Waals surface area contributed by atoms with Gasteiger partial charge in [-0.25, -0.2) is 0 Å². The number of pyridine rings is 2. The zero-order valence-corrected chi connectivity index (χ0v) is 17.3. The highest BCUT2D eigenvalue weighted by atomic mass is 32.1. The van der Waals surface area contributed by atoms with E-state index in [1.54, 1.807) is 24.8 Å². The van der Waals surface area contributed by atoms with Crippen molar-refractivity contribution in [3.8, 4) is 0 Å². The smallest absolute Gasteiger partial charge is 0.191 e. The topological polar surface area (TPSA) is 98.6 Å². The zero-order chi connectivity index (χ0) is 21.0. The fourth-order valence-electron chi connectivity index (χ4n) is 2.21. The van der Waals surface area contributed by atoms with Crippen LogP contribution in [0.2, 0.25) is 0 Å². The van der Waals surface area contributed by atoms with Crippen LogP contribution >= 0.6 is 24.4 Å². The molecule has 1 aromatic carbocycles. The van der Waals surface area contributed by atoms with Crippen LogP contribution in [-0.4, -0.2) is 32.6 Å². The molecule has 0 bridgehead atoms. The van der Waals surface area contributed by atoms with Gasteiger partial charge in [0.2, 0.25) is 0 Å². The van der Waals surface area contributed by atoms with Gasteiger partial charge >= 0.3 is 0 Å². The van der Waals surface area contributed by atoms with Gasteiger partial charge in [0.25, 0.3) is 0 Å². The van der Waals surface area contributed by atoms with Gasteiger partial charge in [-0.2, -0.15) is 10.2 Å². The summed E-state index contributed by atoms with van der Waals surface area (Å²) in [6.07, 6.45) is 6.56. The summed E-state index contributed by atoms with van der Waals surface area (Å²) in [6.45, 7) is 0. The first-order valence-electron chi connectivity index (χ1n) is 8.81. The van der Waals surface area contributed by atoms with Gasteiger partial charge in [-0.15, -0.1) is 0 Å². The Kier molecular flexibility index (Phi) is 7.89. The van der Waals surface area contributed by atoms with Crippen molar-refractivity contribution in [1.29, 1.82) is 0 Å². The summed E-state index contributed by atoms with van der Waals surface area (Å²) in [5.74, 6) is 0. The molecule has 0 amide bonds. The number of aromatic nitrogens is 2. The Labute approximate surface area is 184 Å². The molecule has 3 aromatic rings. The minimum atomic E-state index is 0.347. The molecule has 8 nitrogen and oxygen atoms in total. The van der Waals surface area contributed by atoms with E-state index in [0.717, 1.165) is 22.8 Å². The second-order valence-electron chi connectivity index (χ2n) is 5.74. The average molecular weight is 435 g/mol. The molecule has 0 unspecified atom stereocenters. The van der Waals surface area contributed by atoms with Gasteiger partial charge in [0.15, 0.2) is 10.2 Å². The van der Waals surface area contributed by atoms with Gasteiger partial charge in [0.1, 0.15) is 0 Å². The number of thiocarbonyl (C=S) groups is 2. The van der Waals surface area contributed by atoms with Crippen LogP contribution in [0.4, 0.5) is 11.4 Å². The lowest BCUT2D eigenvalue weighted by Crippen LogP contribution is -2.25. The predicted octanol–water partition coefficient (Wildman–Crippen LogP) is 3.12. The highest BCUT2D eigenvalue weighted by Crippen LogP contribution is 2.15. The maximum Gasteiger partial charge on any atom is 0.191 e. The summed E-state index contributed by atoms with van der Waals surface area (Å²) in [5, 5.41) is 14.9. The Morgan fingerprint density at radius 2 is 1.20 bits per heavy atom. The molecule has 0 radical (unpaired) electrons. The van der Waals surface area contributed by atoms with Crippen LogP contribution in [0.15, 0.2) is 83.3 Å². The molecule has 0 spiro atoms. The molecule has 2 heterocycles. The highest BCUT2D eigenvalue weighted by Gasteiger charge is 2.00. The lowest BCUT2D eigenvalue weighted by atomic mass is 10.3. The first-order valence-corrected chi connectivity index (χ1v) is 9.63. The number of benzene rings is 1. The van der Waals surface area contributed by atoms with Crippen LogP contribution in [0.1, 0.15) is 11.4 Å². The van der Waals surface area contributed by atoms with Gasteiger partial charge in [-0.05, 0) is 66.9 Å². The van der Waals surface area contributed by atoms with Crippen LogP contribution in [0, 0.1) is 0 Å². The number of nitrogens with one attached hydrogen (secondary N) is 4. The lowest BCUT2D eigenvalue weighted by Gasteiger charge is -2.10. The summed E-state index contributed by atoms with van der Waals surface area (Å²) < 4.78 is 0. The summed E-state index contributed by atoms with van der Waals surface area (Å²) in [6, 6.07) is 18.6. The second kappa shape index (κ2) is 11.3. The molecule has 0 aliphatic rings. The fourth-order valence-corrected chi connectivity index (χ4v) is 2.55. The van der Waals surface area contributed by atoms with Crippen molar-refractivity contribution in [2.75, 3.05) is 10.6 Å². The minimum absolute atomic E-state index is 0.347. The van der Waals surface area contributed by atoms with E-state index in [9.17, 15) is 0 Å². The number of hydrogen-bond donors (Lipinski definition) is 4. The Balaban J connectivity index is 1.47. The molecule has 0 atom stereocenters. The molecular weight excluding hydrogens is 416 g/mol. The van der Waals surface area contributed by atoms with E-state index in [2.05, 4.69) is 41.7 Å². The standard InChI is InChI=1S/C20H18N8S2/c29-19(27-23-13-17-6-1-3-10-21-17)25-15-8-5-9-16(12-15)26-20(30)28-24-14-18-7-2-4-11-22-18/h1-14H,(H2,25,27,29)(H2,26,28,30)/b23-13+,24-14+. The van der Waals surface area contributed by atoms with Crippen molar-refractivity contribution in [2.24, 2.45) is 10.2 Å². The van der Waals surface area contributed by atoms with Gasteiger partial charge in [0, 0.05) is 23.8 Å². The highest BCUT2D eigenvalue weighted by molar-refractivity contribution is 7.80. The maximum atomic E-state index is 5.25. The monoisotopic (exact) mass is 434 g/mol. The number of rotatable bonds is 6. The molecule has 0 fully saturated rings. The third-order valence-electron chi connectivity index (χ3n) is 3.48. The normalized spacial score (nSPS) is 10.7. The molecule has 30 heavy (non-hydrogen) atoms. The number of hydrazone groups is 2. The van der Waals surface area contributed by atoms with Gasteiger partial charge in [0.05, 0.1) is 23.8 Å². The SMILES string of the molecule is S=C(N/N=C/c1ccccn1)Nc1cccc(NC(=S)N/N=C/c2ccccn2)c1. The zero-order valence-electron chi connectivity index (χ0n) is 15.7. The van der Waals surface area contributed by atoms with Crippen molar-refractivity contribution in [1.82, 2.24) is 20.8 Å². The van der Waals surface area contributed by atoms with Crippen LogP contribution in [0.3, 0.4) is 0 Å². The number of anilines is 2. The minimum Gasteiger partial charge on any atom is -0.331 e. The molecule has 0 saturated carbocycles. The third kappa shape index (κ3) is 7.34. The van der Waals surface area contributed by atoms with Crippen molar-refractivity contribution in [3.05, 3.63) is 84.4 Å². The van der Waals surface area contributed by atoms with E-state index in [0.29, 0.717) is 10.2 Å². The van der Waals surface area contributed by atoms with Crippen molar-refractivity contribution >= 4 is 58.5 Å². The molecule has 4 N–H and O–H groups in total. The van der Waals surface area contributed by atoms with Crippen LogP contribution in [0.25, 0.3) is 0 Å². The third-order valence-corrected chi connectivity index (χ3v) is 3.87. The van der Waals surface area contributed by atoms with Crippen molar-refractivity contribution in [2.45, 2.75) is 0 Å². The Hall–Kier alpha value is -3.76. The quantitative estimate of drug-likeness (QED) is 0.267. The van der Waals surface area contributed by atoms with E-state index in [-0.39, 0.29) is 0 Å². The first kappa shape index (κ1) is 21.0. The van der Waals surface area contributed by atoms with E-state index in [1.165, 1.54) is 0 Å². The van der Waals surface area contributed by atoms with Crippen LogP contribution in [0.5, 0.6) is 0 Å². The van der Waals surface area contributed by atoms with Gasteiger partial charge in [-0.1, -0.05) is 18.2 Å². The molecule has 10 heteroatoms. The Morgan fingerprint density at radius 1 is 0.700 bits per heavy atom. The van der Waals surface area contributed by atoms with E-state index in [1.807, 2.05) is 60.7 Å². The molecule has 3 rings (SSSR count). The van der Waals surface area contributed by atoms with Crippen LogP contribution < -0.4 is 21.5 Å². The second-order valence-corrected chi connectivity index (χ2v) is 6.55. The molecule has 150 valence electrons. The lowest BCUT2D eigenvalue weighted by molar-refractivity contribution is 1.05. The Morgan fingerprint density at radius 3 is 1.63 bits per heavy atom. The molecule has 0 aliphatic carbocycles. The maximum absolute atomic E-state index is 5.25. The summed E-state index contributed by atoms with van der Waals surface area (Å²) >= 11 is 10.5. The molecule has 0 aliphatic heterocycles. The van der Waals surface area contributed by atoms with Crippen molar-refractivity contribution in [3.63, 3.8) is 0 Å². The van der Waals surface area contributed by atoms with E-state index >= 15 is 0 Å². The molecule has 2 aromatic heterocycles. The summed E-state index contributed by atoms with van der Waals surface area (Å²) in [5.41, 5.74) is 8.49. The van der Waals surface area contributed by atoms with Crippen LogP contribution in [-0.2, 0) is 0 Å². The summed E-state index contributed by atoms with van der Waals surface area (Å²) in [7, 11) is 0. The number of hydrogen-bond acceptors (Lipinski definition) is 6. The number of nitrogens with zero attached hydrogens (tertiary/aromatic N) is 4. The average Bonchev–Trinajstić information content (AvgIpc) is 2.75. The van der Waals surface area contributed by atoms with E-state index in [4.69, 9.17) is 24.4 Å². The first-order chi connectivity index (χ1) is 14.7. The van der Waals surface area contributed by atoms with Gasteiger partial charge < -0.3 is 10.6 Å². The molecule has 0 saturated heterocycles. The Bertz CT molecular complexity index is 958. The predicted molar refractivity (Wildman–Crippen MR) is 129 cm³/mol.